The average Bonchev–Trinajstić information content (AvgIpc) is 3.90. The minimum Gasteiger partial charge on any atom is -0.464 e. The molecule has 4 aromatic heterocycles. The summed E-state index contributed by atoms with van der Waals surface area (Å²) in [4.78, 5) is 85.0. The quantitative estimate of drug-likeness (QED) is 0.0406. The molecule has 2 fully saturated rings. The van der Waals surface area contributed by atoms with Gasteiger partial charge in [0.15, 0.2) is 22.9 Å². The molecule has 0 amide bonds. The van der Waals surface area contributed by atoms with Gasteiger partial charge in [0.25, 0.3) is 11.7 Å². The van der Waals surface area contributed by atoms with E-state index in [0.717, 1.165) is 0 Å². The lowest BCUT2D eigenvalue weighted by molar-refractivity contribution is -0.154. The van der Waals surface area contributed by atoms with Gasteiger partial charge in [-0.1, -0.05) is 0 Å². The first kappa shape index (κ1) is 47.3. The summed E-state index contributed by atoms with van der Waals surface area (Å²) in [5, 5.41) is 41.6. The van der Waals surface area contributed by atoms with E-state index in [2.05, 4.69) is 39.4 Å². The maximum Gasteiger partial charge on any atom is 0.365 e. The highest BCUT2D eigenvalue weighted by Crippen LogP contribution is 2.46. The van der Waals surface area contributed by atoms with Crippen LogP contribution in [0.25, 0.3) is 22.3 Å². The predicted octanol–water partition coefficient (Wildman–Crippen LogP) is -1.14. The zero-order valence-electron chi connectivity index (χ0n) is 31.4. The number of hydrogen-bond donors (Lipinski definition) is 10. The zero-order valence-corrected chi connectivity index (χ0v) is 34.7. The number of aliphatic hydroxyl groups is 4. The first-order valence-electron chi connectivity index (χ1n) is 17.8. The smallest absolute Gasteiger partial charge is 0.365 e. The van der Waals surface area contributed by atoms with Crippen molar-refractivity contribution >= 4 is 84.3 Å². The molecule has 2 aliphatic carbocycles. The molecule has 30 heteroatoms. The van der Waals surface area contributed by atoms with Crippen molar-refractivity contribution in [3.05, 3.63) is 23.2 Å². The van der Waals surface area contributed by atoms with Crippen LogP contribution >= 0.6 is 38.4 Å². The summed E-state index contributed by atoms with van der Waals surface area (Å²) in [6, 6.07) is -1.42. The molecule has 10 atom stereocenters. The number of fused-ring (bicyclic) bond motifs is 2. The molecule has 4 heterocycles. The van der Waals surface area contributed by atoms with Gasteiger partial charge in [-0.05, 0) is 49.9 Å². The predicted molar refractivity (Wildman–Crippen MR) is 205 cm³/mol. The third kappa shape index (κ3) is 10.3. The Kier molecular flexibility index (Phi) is 15.1. The fourth-order valence-corrected chi connectivity index (χ4v) is 8.45. The SMILES string of the molecule is CCOC(=O)C(OC[C@H]1C[C@@H](n2cnc3c(N)nc(Cl)nc32)[C@H](O)[C@@H]1O)P(=O)(O)O.CCOC(=O)C(OC[C@H]1C[C@@H](n2cnc3c(N)nc(Cl)nc32)[C@H](O)[C@@H]1O)P(=O)(O)O. The van der Waals surface area contributed by atoms with Gasteiger partial charge in [-0.2, -0.15) is 19.9 Å². The van der Waals surface area contributed by atoms with Crippen molar-refractivity contribution in [1.82, 2.24) is 39.0 Å². The first-order valence-corrected chi connectivity index (χ1v) is 21.9. The molecule has 0 saturated heterocycles. The van der Waals surface area contributed by atoms with Crippen molar-refractivity contribution in [2.24, 2.45) is 11.8 Å². The molecule has 60 heavy (non-hydrogen) atoms. The molecule has 2 unspecified atom stereocenters. The topological polar surface area (TPSA) is 406 Å². The number of nitrogens with two attached hydrogens (primary N) is 2. The highest BCUT2D eigenvalue weighted by atomic mass is 35.5. The lowest BCUT2D eigenvalue weighted by atomic mass is 10.1. The summed E-state index contributed by atoms with van der Waals surface area (Å²) in [6.45, 7) is 1.96. The summed E-state index contributed by atoms with van der Waals surface area (Å²) in [6.07, 6.45) is -2.16. The molecule has 0 spiro atoms. The van der Waals surface area contributed by atoms with Crippen LogP contribution in [0, 0.1) is 11.8 Å². The number of halogens is 2. The van der Waals surface area contributed by atoms with E-state index in [1.54, 1.807) is 0 Å². The van der Waals surface area contributed by atoms with Gasteiger partial charge in [-0.25, -0.2) is 19.6 Å². The van der Waals surface area contributed by atoms with Crippen LogP contribution in [0.15, 0.2) is 12.7 Å². The number of carbonyl (C=O) groups is 2. The maximum absolute atomic E-state index is 11.8. The van der Waals surface area contributed by atoms with Gasteiger partial charge in [0, 0.05) is 11.8 Å². The highest BCUT2D eigenvalue weighted by molar-refractivity contribution is 7.53. The maximum atomic E-state index is 11.8. The number of aliphatic hydroxyl groups excluding tert-OH is 4. The van der Waals surface area contributed by atoms with Crippen LogP contribution in [0.5, 0.6) is 0 Å². The fraction of sp³-hybridized carbons (Fsp3) is 0.600. The molecular formula is C30H42Cl2N10O16P2. The Balaban J connectivity index is 0.000000228. The molecule has 0 aromatic carbocycles. The number of nitrogen functional groups attached to an aromatic ring is 2. The molecule has 332 valence electrons. The van der Waals surface area contributed by atoms with E-state index in [1.807, 2.05) is 0 Å². The van der Waals surface area contributed by atoms with E-state index in [0.29, 0.717) is 0 Å². The lowest BCUT2D eigenvalue weighted by Crippen LogP contribution is -2.33. The van der Waals surface area contributed by atoms with Gasteiger partial charge in [0.2, 0.25) is 10.6 Å². The molecule has 4 aromatic rings. The number of imidazole rings is 2. The molecule has 12 N–H and O–H groups in total. The zero-order chi connectivity index (χ0) is 44.4. The molecule has 6 rings (SSSR count). The summed E-state index contributed by atoms with van der Waals surface area (Å²) < 4.78 is 45.6. The Labute approximate surface area is 348 Å². The van der Waals surface area contributed by atoms with E-state index in [1.165, 1.54) is 35.6 Å². The fourth-order valence-electron chi connectivity index (χ4n) is 6.85. The first-order chi connectivity index (χ1) is 28.1. The second-order valence-corrected chi connectivity index (χ2v) is 17.5. The van der Waals surface area contributed by atoms with Crippen LogP contribution < -0.4 is 11.5 Å². The van der Waals surface area contributed by atoms with Gasteiger partial charge in [-0.15, -0.1) is 0 Å². The summed E-state index contributed by atoms with van der Waals surface area (Å²) in [5.74, 6) is -8.06. The Morgan fingerprint density at radius 1 is 0.700 bits per heavy atom. The van der Waals surface area contributed by atoms with E-state index in [-0.39, 0.29) is 70.6 Å². The van der Waals surface area contributed by atoms with Crippen molar-refractivity contribution in [3.8, 4) is 0 Å². The van der Waals surface area contributed by atoms with Crippen molar-refractivity contribution in [2.75, 3.05) is 37.9 Å². The monoisotopic (exact) mass is 930 g/mol. The number of anilines is 2. The van der Waals surface area contributed by atoms with Crippen LogP contribution in [0.1, 0.15) is 38.8 Å². The number of aromatic nitrogens is 8. The van der Waals surface area contributed by atoms with E-state index in [4.69, 9.17) is 44.1 Å². The largest absolute Gasteiger partial charge is 0.464 e. The highest BCUT2D eigenvalue weighted by Gasteiger charge is 2.47. The van der Waals surface area contributed by atoms with Gasteiger partial charge in [0.1, 0.15) is 23.2 Å². The summed E-state index contributed by atoms with van der Waals surface area (Å²) in [7, 11) is -9.92. The van der Waals surface area contributed by atoms with Crippen molar-refractivity contribution in [1.29, 1.82) is 0 Å². The standard InChI is InChI=1S/2C15H21ClN5O8P/c2*1-2-28-13(24)14(30(25,26)27)29-4-6-3-7(10(23)9(6)22)21-5-18-8-11(17)19-15(16)20-12(8)21/h2*5-7,9-10,14,22-23H,2-4H2,1H3,(H2,17,19,20)(H2,25,26,27)/t2*6-,7-,9-,10+,14?/m11/s1. The normalized spacial score (nSPS) is 25.5. The summed E-state index contributed by atoms with van der Waals surface area (Å²) >= 11 is 11.7. The Hall–Kier alpha value is -3.72. The molecule has 0 radical (unpaired) electrons. The molecule has 0 aliphatic heterocycles. The van der Waals surface area contributed by atoms with Crippen LogP contribution in [0.4, 0.5) is 11.6 Å². The minimum atomic E-state index is -4.96. The minimum absolute atomic E-state index is 0.0515. The van der Waals surface area contributed by atoms with Crippen molar-refractivity contribution < 1.29 is 77.7 Å². The van der Waals surface area contributed by atoms with E-state index >= 15 is 0 Å². The number of ether oxygens (including phenoxy) is 4. The molecule has 26 nitrogen and oxygen atoms in total. The Morgan fingerprint density at radius 2 is 1.05 bits per heavy atom. The Bertz CT molecular complexity index is 2120. The van der Waals surface area contributed by atoms with Gasteiger partial charge in [-0.3, -0.25) is 9.13 Å². The number of nitrogens with zero attached hydrogens (tertiary/aromatic N) is 8. The summed E-state index contributed by atoms with van der Waals surface area (Å²) in [5.41, 5.74) is 12.6. The number of esters is 2. The second-order valence-electron chi connectivity index (χ2n) is 13.5. The van der Waals surface area contributed by atoms with Crippen LogP contribution in [-0.4, -0.2) is 154 Å². The van der Waals surface area contributed by atoms with Crippen molar-refractivity contribution in [2.45, 2.75) is 74.9 Å². The third-order valence-corrected chi connectivity index (χ3v) is 11.9. The van der Waals surface area contributed by atoms with Crippen molar-refractivity contribution in [3.63, 3.8) is 0 Å². The molecule has 0 bridgehead atoms. The van der Waals surface area contributed by atoms with Gasteiger partial charge >= 0.3 is 27.1 Å². The van der Waals surface area contributed by atoms with Gasteiger partial charge < -0.3 is 79.5 Å². The number of hydrogen-bond acceptors (Lipinski definition) is 20. The Morgan fingerprint density at radius 3 is 1.37 bits per heavy atom. The number of carbonyl (C=O) groups excluding carboxylic acids is 2. The average molecular weight is 932 g/mol. The molecular weight excluding hydrogens is 889 g/mol. The van der Waals surface area contributed by atoms with Gasteiger partial charge in [0.05, 0.1) is 63.4 Å². The lowest BCUT2D eigenvalue weighted by Gasteiger charge is -2.21. The number of rotatable bonds is 14. The van der Waals surface area contributed by atoms with Crippen LogP contribution in [0.3, 0.4) is 0 Å². The van der Waals surface area contributed by atoms with Crippen LogP contribution in [-0.2, 0) is 37.7 Å². The van der Waals surface area contributed by atoms with Crippen LogP contribution in [0.2, 0.25) is 10.6 Å². The van der Waals surface area contributed by atoms with E-state index < -0.39 is 100 Å². The third-order valence-electron chi connectivity index (χ3n) is 9.62. The van der Waals surface area contributed by atoms with E-state index in [9.17, 15) is 58.7 Å². The second kappa shape index (κ2) is 19.1. The molecule has 2 aliphatic rings. The molecule has 2 saturated carbocycles.